The van der Waals surface area contributed by atoms with Crippen molar-refractivity contribution in [2.75, 3.05) is 93.3 Å². The van der Waals surface area contributed by atoms with Crippen LogP contribution in [0.1, 0.15) is 0 Å². The lowest BCUT2D eigenvalue weighted by atomic mass is 10.4. The van der Waals surface area contributed by atoms with Crippen molar-refractivity contribution in [3.63, 3.8) is 0 Å². The van der Waals surface area contributed by atoms with E-state index < -0.39 is 17.9 Å². The zero-order valence-electron chi connectivity index (χ0n) is 18.0. The van der Waals surface area contributed by atoms with Gasteiger partial charge >= 0.3 is 17.9 Å². The van der Waals surface area contributed by atoms with Crippen LogP contribution in [-0.2, 0) is 42.9 Å². The van der Waals surface area contributed by atoms with Crippen LogP contribution in [0.25, 0.3) is 0 Å². The van der Waals surface area contributed by atoms with Crippen molar-refractivity contribution in [3.05, 3.63) is 0 Å². The highest BCUT2D eigenvalue weighted by Gasteiger charge is 2.20. The van der Waals surface area contributed by atoms with Crippen molar-refractivity contribution in [1.82, 2.24) is 9.80 Å². The Hall–Kier alpha value is -1.73. The van der Waals surface area contributed by atoms with E-state index in [0.29, 0.717) is 25.6 Å². The van der Waals surface area contributed by atoms with Crippen molar-refractivity contribution >= 4 is 34.8 Å². The minimum Gasteiger partial charge on any atom is -0.468 e. The number of hydrogen-bond donors (Lipinski definition) is 0. The standard InChI is InChI=1S/C18H32N2O9S/c1-25-7-8-29-9-10-30-18(24)14-20(13-17(23)28-4)6-5-19(11-15(21)26-2)12-16(22)27-3/h5-14H2,1-4H3. The molecule has 0 aliphatic rings. The van der Waals surface area contributed by atoms with Gasteiger partial charge in [-0.1, -0.05) is 11.8 Å². The largest absolute Gasteiger partial charge is 0.468 e. The Kier molecular flexibility index (Phi) is 17.0. The first kappa shape index (κ1) is 28.3. The molecule has 0 heterocycles. The van der Waals surface area contributed by atoms with Crippen LogP contribution in [0, 0.1) is 0 Å². The number of ether oxygens (including phenoxy) is 5. The van der Waals surface area contributed by atoms with E-state index >= 15 is 0 Å². The molecular weight excluding hydrogens is 420 g/mol. The summed E-state index contributed by atoms with van der Waals surface area (Å²) in [5.41, 5.74) is 0. The molecule has 0 aliphatic heterocycles. The van der Waals surface area contributed by atoms with E-state index in [1.165, 1.54) is 26.2 Å². The average Bonchev–Trinajstić information content (AvgIpc) is 2.73. The molecule has 0 radical (unpaired) electrons. The molecule has 0 amide bonds. The highest BCUT2D eigenvalue weighted by Crippen LogP contribution is 2.05. The predicted octanol–water partition coefficient (Wildman–Crippen LogP) is -0.968. The predicted molar refractivity (Wildman–Crippen MR) is 109 cm³/mol. The van der Waals surface area contributed by atoms with Gasteiger partial charge in [0.05, 0.1) is 67.3 Å². The van der Waals surface area contributed by atoms with Crippen LogP contribution in [0.3, 0.4) is 0 Å². The Morgan fingerprint density at radius 1 is 0.667 bits per heavy atom. The highest BCUT2D eigenvalue weighted by atomic mass is 32.2. The molecule has 0 fully saturated rings. The molecule has 0 aromatic carbocycles. The molecule has 0 aromatic rings. The molecule has 0 saturated heterocycles. The molecule has 12 heteroatoms. The smallest absolute Gasteiger partial charge is 0.319 e. The third-order valence-corrected chi connectivity index (χ3v) is 4.57. The molecule has 0 unspecified atom stereocenters. The van der Waals surface area contributed by atoms with Crippen LogP contribution in [0.2, 0.25) is 0 Å². The van der Waals surface area contributed by atoms with Gasteiger partial charge in [-0.05, 0) is 0 Å². The van der Waals surface area contributed by atoms with Gasteiger partial charge in [0, 0.05) is 26.0 Å². The highest BCUT2D eigenvalue weighted by molar-refractivity contribution is 8.13. The third-order valence-electron chi connectivity index (χ3n) is 3.75. The summed E-state index contributed by atoms with van der Waals surface area (Å²) in [6, 6.07) is 0. The van der Waals surface area contributed by atoms with Gasteiger partial charge in [-0.3, -0.25) is 29.0 Å². The van der Waals surface area contributed by atoms with Gasteiger partial charge in [0.25, 0.3) is 0 Å². The summed E-state index contributed by atoms with van der Waals surface area (Å²) in [5, 5.41) is -0.137. The van der Waals surface area contributed by atoms with Gasteiger partial charge in [-0.15, -0.1) is 0 Å². The van der Waals surface area contributed by atoms with Gasteiger partial charge in [0.2, 0.25) is 5.12 Å². The number of rotatable bonds is 17. The lowest BCUT2D eigenvalue weighted by Gasteiger charge is -2.25. The van der Waals surface area contributed by atoms with Crippen LogP contribution in [-0.4, -0.2) is 126 Å². The fourth-order valence-corrected chi connectivity index (χ4v) is 2.84. The second-order valence-corrected chi connectivity index (χ2v) is 7.13. The Labute approximate surface area is 181 Å². The molecule has 0 spiro atoms. The Morgan fingerprint density at radius 3 is 1.57 bits per heavy atom. The Morgan fingerprint density at radius 2 is 1.13 bits per heavy atom. The molecule has 0 saturated carbocycles. The topological polar surface area (TPSA) is 121 Å². The summed E-state index contributed by atoms with van der Waals surface area (Å²) in [4.78, 5) is 50.2. The summed E-state index contributed by atoms with van der Waals surface area (Å²) < 4.78 is 24.1. The quantitative estimate of drug-likeness (QED) is 0.153. The zero-order valence-corrected chi connectivity index (χ0v) is 18.9. The molecule has 174 valence electrons. The van der Waals surface area contributed by atoms with E-state index in [0.717, 1.165) is 11.8 Å². The van der Waals surface area contributed by atoms with Crippen molar-refractivity contribution in [3.8, 4) is 0 Å². The molecule has 0 rings (SSSR count). The normalized spacial score (nSPS) is 10.9. The van der Waals surface area contributed by atoms with E-state index in [2.05, 4.69) is 14.2 Å². The number of hydrogen-bond acceptors (Lipinski definition) is 12. The summed E-state index contributed by atoms with van der Waals surface area (Å²) in [5.74, 6) is -1.05. The number of thioether (sulfide) groups is 1. The van der Waals surface area contributed by atoms with E-state index in [1.807, 2.05) is 0 Å². The van der Waals surface area contributed by atoms with Crippen LogP contribution in [0.15, 0.2) is 0 Å². The molecular formula is C18H32N2O9S. The van der Waals surface area contributed by atoms with Gasteiger partial charge in [-0.25, -0.2) is 0 Å². The fraction of sp³-hybridized carbons (Fsp3) is 0.778. The number of esters is 3. The first-order valence-corrected chi connectivity index (χ1v) is 10.2. The van der Waals surface area contributed by atoms with E-state index in [1.54, 1.807) is 12.0 Å². The second kappa shape index (κ2) is 18.1. The molecule has 0 aliphatic carbocycles. The monoisotopic (exact) mass is 452 g/mol. The van der Waals surface area contributed by atoms with E-state index in [4.69, 9.17) is 9.47 Å². The number of carbonyl (C=O) groups is 4. The molecule has 0 atom stereocenters. The maximum absolute atomic E-state index is 12.2. The molecule has 0 N–H and O–H groups in total. The van der Waals surface area contributed by atoms with Crippen LogP contribution < -0.4 is 0 Å². The summed E-state index contributed by atoms with van der Waals surface area (Å²) in [6.45, 7) is 1.48. The van der Waals surface area contributed by atoms with E-state index in [-0.39, 0.29) is 44.4 Å². The van der Waals surface area contributed by atoms with Crippen LogP contribution in [0.4, 0.5) is 0 Å². The molecule has 0 aromatic heterocycles. The minimum atomic E-state index is -0.515. The lowest BCUT2D eigenvalue weighted by molar-refractivity contribution is -0.147. The fourth-order valence-electron chi connectivity index (χ4n) is 2.14. The van der Waals surface area contributed by atoms with Crippen molar-refractivity contribution in [1.29, 1.82) is 0 Å². The molecule has 0 bridgehead atoms. The van der Waals surface area contributed by atoms with Crippen LogP contribution >= 0.6 is 11.8 Å². The second-order valence-electron chi connectivity index (χ2n) is 5.98. The van der Waals surface area contributed by atoms with Gasteiger partial charge in [0.15, 0.2) is 0 Å². The minimum absolute atomic E-state index is 0.00211. The maximum Gasteiger partial charge on any atom is 0.319 e. The van der Waals surface area contributed by atoms with E-state index in [9.17, 15) is 19.2 Å². The third kappa shape index (κ3) is 15.2. The summed E-state index contributed by atoms with van der Waals surface area (Å²) in [7, 11) is 5.33. The number of carbonyl (C=O) groups excluding carboxylic acids is 4. The summed E-state index contributed by atoms with van der Waals surface area (Å²) >= 11 is 1.10. The maximum atomic E-state index is 12.2. The lowest BCUT2D eigenvalue weighted by Crippen LogP contribution is -2.43. The van der Waals surface area contributed by atoms with Gasteiger partial charge in [-0.2, -0.15) is 0 Å². The number of nitrogens with zero attached hydrogens (tertiary/aromatic N) is 2. The Bertz CT molecular complexity index is 516. The van der Waals surface area contributed by atoms with Crippen molar-refractivity contribution < 1.29 is 42.9 Å². The molecule has 11 nitrogen and oxygen atoms in total. The molecule has 30 heavy (non-hydrogen) atoms. The SMILES string of the molecule is COCCOCCSC(=O)CN(CCN(CC(=O)OC)CC(=O)OC)CC(=O)OC. The summed E-state index contributed by atoms with van der Waals surface area (Å²) in [6.07, 6.45) is 0. The Balaban J connectivity index is 4.68. The van der Waals surface area contributed by atoms with Crippen molar-refractivity contribution in [2.45, 2.75) is 0 Å². The first-order chi connectivity index (χ1) is 14.4. The van der Waals surface area contributed by atoms with Crippen molar-refractivity contribution in [2.24, 2.45) is 0 Å². The zero-order chi connectivity index (χ0) is 22.8. The van der Waals surface area contributed by atoms with Gasteiger partial charge in [0.1, 0.15) is 0 Å². The van der Waals surface area contributed by atoms with Gasteiger partial charge < -0.3 is 23.7 Å². The van der Waals surface area contributed by atoms with Crippen LogP contribution in [0.5, 0.6) is 0 Å². The number of methoxy groups -OCH3 is 4. The average molecular weight is 453 g/mol. The first-order valence-electron chi connectivity index (χ1n) is 9.23.